The van der Waals surface area contributed by atoms with Crippen LogP contribution in [0.2, 0.25) is 0 Å². The molecule has 0 spiro atoms. The summed E-state index contributed by atoms with van der Waals surface area (Å²) in [5, 5.41) is 4.50. The molecule has 2 N–H and O–H groups in total. The van der Waals surface area contributed by atoms with Crippen LogP contribution in [0.5, 0.6) is 0 Å². The number of hydrogen-bond donors (Lipinski definition) is 2. The maximum absolute atomic E-state index is 11.5. The van der Waals surface area contributed by atoms with Crippen molar-refractivity contribution < 1.29 is 38.3 Å². The largest absolute Gasteiger partial charge is 0.452 e. The minimum Gasteiger partial charge on any atom is -0.452 e. The molecule has 11 nitrogen and oxygen atoms in total. The number of esters is 1. The van der Waals surface area contributed by atoms with Gasteiger partial charge in [0.1, 0.15) is 0 Å². The fourth-order valence-corrected chi connectivity index (χ4v) is 1.88. The Morgan fingerprint density at radius 1 is 1.17 bits per heavy atom. The molecule has 0 saturated carbocycles. The predicted octanol–water partition coefficient (Wildman–Crippen LogP) is -1.87. The Bertz CT molecular complexity index is 571. The monoisotopic (exact) mass is 327 g/mol. The van der Waals surface area contributed by atoms with E-state index in [0.717, 1.165) is 0 Å². The maximum atomic E-state index is 11.5. The normalized spacial score (nSPS) is 20.5. The van der Waals surface area contributed by atoms with Crippen LogP contribution in [0.25, 0.3) is 0 Å². The summed E-state index contributed by atoms with van der Waals surface area (Å²) in [4.78, 5) is 71.9. The van der Waals surface area contributed by atoms with Crippen molar-refractivity contribution in [1.29, 1.82) is 0 Å². The highest BCUT2D eigenvalue weighted by molar-refractivity contribution is 6.05. The van der Waals surface area contributed by atoms with E-state index in [0.29, 0.717) is 5.06 Å². The molecule has 11 heteroatoms. The van der Waals surface area contributed by atoms with Gasteiger partial charge in [-0.3, -0.25) is 29.3 Å². The lowest BCUT2D eigenvalue weighted by Crippen LogP contribution is -2.38. The van der Waals surface area contributed by atoms with Crippen LogP contribution in [0.15, 0.2) is 0 Å². The van der Waals surface area contributed by atoms with E-state index in [1.807, 2.05) is 5.32 Å². The Hall–Kier alpha value is -2.98. The Balaban J connectivity index is 1.66. The van der Waals surface area contributed by atoms with Crippen LogP contribution in [-0.4, -0.2) is 53.4 Å². The molecule has 5 amide bonds. The van der Waals surface area contributed by atoms with Crippen LogP contribution >= 0.6 is 0 Å². The number of ether oxygens (including phenoxy) is 1. The van der Waals surface area contributed by atoms with Crippen LogP contribution in [0.4, 0.5) is 4.79 Å². The molecule has 1 atom stereocenters. The number of rotatable bonds is 5. The lowest BCUT2D eigenvalue weighted by atomic mass is 10.3. The molecule has 2 rings (SSSR count). The Morgan fingerprint density at radius 2 is 1.83 bits per heavy atom. The lowest BCUT2D eigenvalue weighted by molar-refractivity contribution is -0.171. The van der Waals surface area contributed by atoms with Crippen LogP contribution in [0.3, 0.4) is 0 Å². The molecule has 23 heavy (non-hydrogen) atoms. The van der Waals surface area contributed by atoms with E-state index in [9.17, 15) is 28.8 Å². The summed E-state index contributed by atoms with van der Waals surface area (Å²) in [6, 6.07) is 0. The molecule has 0 bridgehead atoms. The van der Waals surface area contributed by atoms with Gasteiger partial charge in [-0.25, -0.2) is 4.79 Å². The summed E-state index contributed by atoms with van der Waals surface area (Å²) in [5.74, 6) is -3.27. The van der Waals surface area contributed by atoms with Gasteiger partial charge in [0, 0.05) is 19.4 Å². The van der Waals surface area contributed by atoms with Crippen molar-refractivity contribution in [2.45, 2.75) is 31.8 Å². The molecule has 1 unspecified atom stereocenters. The molecule has 0 aliphatic carbocycles. The van der Waals surface area contributed by atoms with Gasteiger partial charge in [0.15, 0.2) is 6.10 Å². The first-order valence-electron chi connectivity index (χ1n) is 6.71. The average molecular weight is 327 g/mol. The van der Waals surface area contributed by atoms with Crippen molar-refractivity contribution in [3.63, 3.8) is 0 Å². The van der Waals surface area contributed by atoms with Crippen LogP contribution in [0, 0.1) is 0 Å². The third kappa shape index (κ3) is 4.25. The summed E-state index contributed by atoms with van der Waals surface area (Å²) < 4.78 is 4.76. The van der Waals surface area contributed by atoms with Crippen LogP contribution < -0.4 is 10.6 Å². The number of nitrogens with one attached hydrogen (secondary N) is 2. The zero-order valence-corrected chi connectivity index (χ0v) is 11.8. The topological polar surface area (TPSA) is 148 Å². The smallest absolute Gasteiger partial charge is 0.432 e. The molecule has 0 aromatic heterocycles. The molecule has 124 valence electrons. The standard InChI is InChI=1S/C12H13N3O8/c16-7-5-6(11(20)14-7)22-10(19)3-4-13-12(21)23-15-8(17)1-2-9(15)18/h6H,1-5H2,(H,13,21)(H,14,16,20). The van der Waals surface area contributed by atoms with Crippen molar-refractivity contribution in [2.24, 2.45) is 0 Å². The van der Waals surface area contributed by atoms with Gasteiger partial charge in [0.2, 0.25) is 5.91 Å². The van der Waals surface area contributed by atoms with E-state index in [1.54, 1.807) is 0 Å². The van der Waals surface area contributed by atoms with Gasteiger partial charge >= 0.3 is 12.1 Å². The van der Waals surface area contributed by atoms with Gasteiger partial charge in [-0.15, -0.1) is 5.06 Å². The number of hydrogen-bond acceptors (Lipinski definition) is 8. The average Bonchev–Trinajstić information content (AvgIpc) is 2.94. The molecule has 2 heterocycles. The van der Waals surface area contributed by atoms with Crippen LogP contribution in [0.1, 0.15) is 25.7 Å². The van der Waals surface area contributed by atoms with Gasteiger partial charge in [-0.05, 0) is 0 Å². The van der Waals surface area contributed by atoms with E-state index in [2.05, 4.69) is 10.2 Å². The molecular weight excluding hydrogens is 314 g/mol. The maximum Gasteiger partial charge on any atom is 0.432 e. The highest BCUT2D eigenvalue weighted by Gasteiger charge is 2.34. The highest BCUT2D eigenvalue weighted by Crippen LogP contribution is 2.12. The number of hydroxylamine groups is 2. The SMILES string of the molecule is O=C1CC(OC(=O)CCNC(=O)ON2C(=O)CCC2=O)C(=O)N1. The summed E-state index contributed by atoms with van der Waals surface area (Å²) in [5.41, 5.74) is 0. The van der Waals surface area contributed by atoms with Gasteiger partial charge in [0.25, 0.3) is 17.7 Å². The summed E-state index contributed by atoms with van der Waals surface area (Å²) in [6.45, 7) is -0.198. The van der Waals surface area contributed by atoms with Crippen molar-refractivity contribution in [3.05, 3.63) is 0 Å². The van der Waals surface area contributed by atoms with E-state index >= 15 is 0 Å². The Morgan fingerprint density at radius 3 is 2.39 bits per heavy atom. The molecule has 2 saturated heterocycles. The first-order valence-corrected chi connectivity index (χ1v) is 6.71. The molecule has 2 fully saturated rings. The second-order valence-electron chi connectivity index (χ2n) is 4.73. The fraction of sp³-hybridized carbons (Fsp3) is 0.500. The number of carbonyl (C=O) groups is 6. The minimum atomic E-state index is -1.17. The Labute approximate surface area is 129 Å². The summed E-state index contributed by atoms with van der Waals surface area (Å²) in [6.07, 6.45) is -2.81. The zero-order valence-electron chi connectivity index (χ0n) is 11.8. The third-order valence-electron chi connectivity index (χ3n) is 2.98. The molecule has 0 aromatic carbocycles. The van der Waals surface area contributed by atoms with E-state index < -0.39 is 41.8 Å². The number of amides is 5. The first-order chi connectivity index (χ1) is 10.9. The zero-order chi connectivity index (χ0) is 17.0. The molecule has 2 aliphatic heterocycles. The Kier molecular flexibility index (Phi) is 4.88. The molecule has 0 radical (unpaired) electrons. The van der Waals surface area contributed by atoms with E-state index in [4.69, 9.17) is 4.74 Å². The van der Waals surface area contributed by atoms with Crippen LogP contribution in [-0.2, 0) is 33.5 Å². The quantitative estimate of drug-likeness (QED) is 0.440. The second kappa shape index (κ2) is 6.85. The van der Waals surface area contributed by atoms with Gasteiger partial charge in [-0.2, -0.15) is 0 Å². The predicted molar refractivity (Wildman–Crippen MR) is 67.8 cm³/mol. The van der Waals surface area contributed by atoms with Gasteiger partial charge < -0.3 is 14.9 Å². The van der Waals surface area contributed by atoms with Crippen molar-refractivity contribution in [2.75, 3.05) is 6.54 Å². The van der Waals surface area contributed by atoms with Crippen molar-refractivity contribution >= 4 is 35.7 Å². The molecular formula is C12H13N3O8. The van der Waals surface area contributed by atoms with Gasteiger partial charge in [0.05, 0.1) is 12.8 Å². The second-order valence-corrected chi connectivity index (χ2v) is 4.73. The van der Waals surface area contributed by atoms with E-state index in [1.165, 1.54) is 0 Å². The lowest BCUT2D eigenvalue weighted by Gasteiger charge is -2.13. The minimum absolute atomic E-state index is 0.0272. The first kappa shape index (κ1) is 16.4. The van der Waals surface area contributed by atoms with Crippen molar-refractivity contribution in [1.82, 2.24) is 15.7 Å². The number of nitrogens with zero attached hydrogens (tertiary/aromatic N) is 1. The molecule has 2 aliphatic rings. The fourth-order valence-electron chi connectivity index (χ4n) is 1.88. The number of imide groups is 2. The highest BCUT2D eigenvalue weighted by atomic mass is 16.7. The van der Waals surface area contributed by atoms with Gasteiger partial charge in [-0.1, -0.05) is 0 Å². The summed E-state index contributed by atoms with van der Waals surface area (Å²) in [7, 11) is 0. The number of carbonyl (C=O) groups excluding carboxylic acids is 6. The molecule has 0 aromatic rings. The third-order valence-corrected chi connectivity index (χ3v) is 2.98. The summed E-state index contributed by atoms with van der Waals surface area (Å²) >= 11 is 0. The van der Waals surface area contributed by atoms with E-state index in [-0.39, 0.29) is 32.2 Å². The van der Waals surface area contributed by atoms with Crippen molar-refractivity contribution in [3.8, 4) is 0 Å².